The highest BCUT2D eigenvalue weighted by Gasteiger charge is 2.09. The molecule has 0 aliphatic heterocycles. The predicted octanol–water partition coefficient (Wildman–Crippen LogP) is 1.79. The smallest absolute Gasteiger partial charge is 0.356 e. The maximum atomic E-state index is 10.6. The summed E-state index contributed by atoms with van der Waals surface area (Å²) < 4.78 is 2.44. The standard InChI is InChI=1S/C8H5BrN2O2/c9-5-2-1-3-11-4-6(8(12)13)10-7(5)11/h1-4H,(H,12,13). The van der Waals surface area contributed by atoms with E-state index in [0.717, 1.165) is 4.47 Å². The van der Waals surface area contributed by atoms with Gasteiger partial charge in [0.05, 0.1) is 4.47 Å². The summed E-state index contributed by atoms with van der Waals surface area (Å²) in [6, 6.07) is 3.62. The summed E-state index contributed by atoms with van der Waals surface area (Å²) in [4.78, 5) is 14.5. The normalized spacial score (nSPS) is 10.5. The minimum atomic E-state index is -1.02. The van der Waals surface area contributed by atoms with Crippen LogP contribution < -0.4 is 0 Å². The lowest BCUT2D eigenvalue weighted by molar-refractivity contribution is 0.0691. The SMILES string of the molecule is O=C(O)c1cn2cccc(Br)c2n1. The van der Waals surface area contributed by atoms with E-state index in [-0.39, 0.29) is 5.69 Å². The van der Waals surface area contributed by atoms with Gasteiger partial charge in [-0.25, -0.2) is 9.78 Å². The molecule has 2 rings (SSSR count). The number of aromatic nitrogens is 2. The number of carbonyl (C=O) groups is 1. The van der Waals surface area contributed by atoms with Gasteiger partial charge in [-0.1, -0.05) is 0 Å². The number of carboxylic acids is 1. The number of halogens is 1. The molecule has 0 aliphatic carbocycles. The highest BCUT2D eigenvalue weighted by atomic mass is 79.9. The van der Waals surface area contributed by atoms with E-state index in [4.69, 9.17) is 5.11 Å². The fourth-order valence-electron chi connectivity index (χ4n) is 1.08. The van der Waals surface area contributed by atoms with Gasteiger partial charge < -0.3 is 9.51 Å². The lowest BCUT2D eigenvalue weighted by atomic mass is 10.5. The van der Waals surface area contributed by atoms with Crippen LogP contribution in [0, 0.1) is 0 Å². The molecular weight excluding hydrogens is 236 g/mol. The average molecular weight is 241 g/mol. The van der Waals surface area contributed by atoms with Crippen LogP contribution >= 0.6 is 15.9 Å². The largest absolute Gasteiger partial charge is 0.476 e. The lowest BCUT2D eigenvalue weighted by Crippen LogP contribution is -1.94. The number of hydrogen-bond donors (Lipinski definition) is 1. The van der Waals surface area contributed by atoms with Crippen molar-refractivity contribution >= 4 is 27.5 Å². The van der Waals surface area contributed by atoms with E-state index in [1.165, 1.54) is 6.20 Å². The van der Waals surface area contributed by atoms with Gasteiger partial charge in [-0.05, 0) is 28.1 Å². The monoisotopic (exact) mass is 240 g/mol. The Morgan fingerprint density at radius 2 is 2.38 bits per heavy atom. The van der Waals surface area contributed by atoms with Gasteiger partial charge in [-0.15, -0.1) is 0 Å². The number of rotatable bonds is 1. The predicted molar refractivity (Wildman–Crippen MR) is 49.9 cm³/mol. The molecule has 2 aromatic rings. The van der Waals surface area contributed by atoms with E-state index < -0.39 is 5.97 Å². The van der Waals surface area contributed by atoms with Gasteiger partial charge in [-0.3, -0.25) is 0 Å². The highest BCUT2D eigenvalue weighted by Crippen LogP contribution is 2.16. The molecular formula is C8H5BrN2O2. The van der Waals surface area contributed by atoms with Crippen LogP contribution in [0.3, 0.4) is 0 Å². The molecule has 0 atom stereocenters. The van der Waals surface area contributed by atoms with Crippen molar-refractivity contribution < 1.29 is 9.90 Å². The van der Waals surface area contributed by atoms with E-state index in [1.54, 1.807) is 10.6 Å². The molecule has 0 saturated carbocycles. The van der Waals surface area contributed by atoms with Crippen LogP contribution in [0.15, 0.2) is 29.0 Å². The van der Waals surface area contributed by atoms with Crippen molar-refractivity contribution in [2.75, 3.05) is 0 Å². The summed E-state index contributed by atoms with van der Waals surface area (Å²) in [6.45, 7) is 0. The van der Waals surface area contributed by atoms with Gasteiger partial charge in [0, 0.05) is 12.4 Å². The second-order valence-corrected chi connectivity index (χ2v) is 3.37. The molecule has 0 fully saturated rings. The van der Waals surface area contributed by atoms with Crippen LogP contribution in [-0.2, 0) is 0 Å². The van der Waals surface area contributed by atoms with E-state index in [1.807, 2.05) is 12.1 Å². The van der Waals surface area contributed by atoms with Crippen molar-refractivity contribution in [3.8, 4) is 0 Å². The first-order valence-electron chi connectivity index (χ1n) is 3.55. The quantitative estimate of drug-likeness (QED) is 0.828. The summed E-state index contributed by atoms with van der Waals surface area (Å²) in [5.74, 6) is -1.02. The molecule has 0 aromatic carbocycles. The van der Waals surface area contributed by atoms with Crippen LogP contribution in [0.2, 0.25) is 0 Å². The Morgan fingerprint density at radius 1 is 1.62 bits per heavy atom. The first kappa shape index (κ1) is 8.25. The first-order valence-corrected chi connectivity index (χ1v) is 4.34. The summed E-state index contributed by atoms with van der Waals surface area (Å²) in [5.41, 5.74) is 0.659. The van der Waals surface area contributed by atoms with Crippen LogP contribution in [0.5, 0.6) is 0 Å². The third kappa shape index (κ3) is 1.31. The molecule has 2 aromatic heterocycles. The molecule has 1 N–H and O–H groups in total. The summed E-state index contributed by atoms with van der Waals surface area (Å²) >= 11 is 3.28. The van der Waals surface area contributed by atoms with Crippen molar-refractivity contribution in [3.63, 3.8) is 0 Å². The first-order chi connectivity index (χ1) is 6.18. The van der Waals surface area contributed by atoms with Crippen LogP contribution in [-0.4, -0.2) is 20.5 Å². The number of pyridine rings is 1. The van der Waals surface area contributed by atoms with Crippen molar-refractivity contribution in [1.29, 1.82) is 0 Å². The maximum Gasteiger partial charge on any atom is 0.356 e. The van der Waals surface area contributed by atoms with Crippen molar-refractivity contribution in [1.82, 2.24) is 9.38 Å². The number of carboxylic acid groups (broad SMARTS) is 1. The molecule has 0 radical (unpaired) electrons. The van der Waals surface area contributed by atoms with E-state index in [2.05, 4.69) is 20.9 Å². The Balaban J connectivity index is 2.75. The summed E-state index contributed by atoms with van der Waals surface area (Å²) in [7, 11) is 0. The Bertz CT molecular complexity index is 478. The summed E-state index contributed by atoms with van der Waals surface area (Å²) in [6.07, 6.45) is 3.22. The third-order valence-electron chi connectivity index (χ3n) is 1.65. The molecule has 2 heterocycles. The van der Waals surface area contributed by atoms with Crippen LogP contribution in [0.25, 0.3) is 5.65 Å². The third-order valence-corrected chi connectivity index (χ3v) is 2.27. The Labute approximate surface area is 82.0 Å². The highest BCUT2D eigenvalue weighted by molar-refractivity contribution is 9.10. The zero-order chi connectivity index (χ0) is 9.42. The van der Waals surface area contributed by atoms with E-state index >= 15 is 0 Å². The van der Waals surface area contributed by atoms with Crippen LogP contribution in [0.4, 0.5) is 0 Å². The Kier molecular flexibility index (Phi) is 1.81. The fourth-order valence-corrected chi connectivity index (χ4v) is 1.53. The summed E-state index contributed by atoms with van der Waals surface area (Å²) in [5, 5.41) is 8.69. The second kappa shape index (κ2) is 2.85. The van der Waals surface area contributed by atoms with Gasteiger partial charge in [0.25, 0.3) is 0 Å². The number of aromatic carboxylic acids is 1. The Morgan fingerprint density at radius 3 is 3.00 bits per heavy atom. The minimum Gasteiger partial charge on any atom is -0.476 e. The van der Waals surface area contributed by atoms with E-state index in [9.17, 15) is 4.79 Å². The number of imidazole rings is 1. The molecule has 4 nitrogen and oxygen atoms in total. The van der Waals surface area contributed by atoms with E-state index in [0.29, 0.717) is 5.65 Å². The number of hydrogen-bond acceptors (Lipinski definition) is 2. The van der Waals surface area contributed by atoms with Gasteiger partial charge in [0.1, 0.15) is 0 Å². The maximum absolute atomic E-state index is 10.6. The van der Waals surface area contributed by atoms with Gasteiger partial charge in [0.15, 0.2) is 11.3 Å². The zero-order valence-electron chi connectivity index (χ0n) is 6.44. The molecule has 0 saturated heterocycles. The van der Waals surface area contributed by atoms with Crippen LogP contribution in [0.1, 0.15) is 10.5 Å². The molecule has 0 amide bonds. The Hall–Kier alpha value is -1.36. The average Bonchev–Trinajstić information content (AvgIpc) is 2.49. The molecule has 5 heteroatoms. The van der Waals surface area contributed by atoms with Gasteiger partial charge in [-0.2, -0.15) is 0 Å². The second-order valence-electron chi connectivity index (χ2n) is 2.52. The molecule has 0 spiro atoms. The van der Waals surface area contributed by atoms with Crippen molar-refractivity contribution in [3.05, 3.63) is 34.7 Å². The fraction of sp³-hybridized carbons (Fsp3) is 0. The van der Waals surface area contributed by atoms with Crippen molar-refractivity contribution in [2.24, 2.45) is 0 Å². The number of nitrogens with zero attached hydrogens (tertiary/aromatic N) is 2. The van der Waals surface area contributed by atoms with Gasteiger partial charge in [0.2, 0.25) is 0 Å². The van der Waals surface area contributed by atoms with Gasteiger partial charge >= 0.3 is 5.97 Å². The minimum absolute atomic E-state index is 0.0481. The molecule has 0 unspecified atom stereocenters. The molecule has 13 heavy (non-hydrogen) atoms. The molecule has 66 valence electrons. The molecule has 0 aliphatic rings. The lowest BCUT2D eigenvalue weighted by Gasteiger charge is -1.92. The van der Waals surface area contributed by atoms with Crippen molar-refractivity contribution in [2.45, 2.75) is 0 Å². The molecule has 0 bridgehead atoms. The zero-order valence-corrected chi connectivity index (χ0v) is 8.02. The number of fused-ring (bicyclic) bond motifs is 1. The topological polar surface area (TPSA) is 54.6 Å².